The van der Waals surface area contributed by atoms with Gasteiger partial charge in [-0.3, -0.25) is 9.59 Å². The third kappa shape index (κ3) is 8.24. The average Bonchev–Trinajstić information content (AvgIpc) is 2.51. The second-order valence-electron chi connectivity index (χ2n) is 6.65. The minimum absolute atomic E-state index is 0.146. The highest BCUT2D eigenvalue weighted by Crippen LogP contribution is 2.16. The van der Waals surface area contributed by atoms with Gasteiger partial charge >= 0.3 is 5.97 Å². The van der Waals surface area contributed by atoms with Gasteiger partial charge in [-0.15, -0.1) is 0 Å². The van der Waals surface area contributed by atoms with E-state index in [2.05, 4.69) is 21.2 Å². The van der Waals surface area contributed by atoms with E-state index in [1.54, 1.807) is 0 Å². The summed E-state index contributed by atoms with van der Waals surface area (Å²) < 4.78 is 19.0. The zero-order valence-corrected chi connectivity index (χ0v) is 16.7. The number of hydrogen-bond acceptors (Lipinski definition) is 4. The lowest BCUT2D eigenvalue weighted by atomic mass is 10.1. The van der Waals surface area contributed by atoms with Gasteiger partial charge in [-0.2, -0.15) is 0 Å². The molecule has 142 valence electrons. The van der Waals surface area contributed by atoms with E-state index in [-0.39, 0.29) is 18.0 Å². The van der Waals surface area contributed by atoms with Crippen LogP contribution in [0.2, 0.25) is 0 Å². The number of esters is 1. The number of carbonyl (C=O) groups is 3. The molecule has 26 heavy (non-hydrogen) atoms. The van der Waals surface area contributed by atoms with Gasteiger partial charge in [0, 0.05) is 28.7 Å². The van der Waals surface area contributed by atoms with Crippen molar-refractivity contribution in [2.45, 2.75) is 26.3 Å². The summed E-state index contributed by atoms with van der Waals surface area (Å²) in [6, 6.07) is 4.30. The smallest absolute Gasteiger partial charge is 0.331 e. The average molecular weight is 429 g/mol. The van der Waals surface area contributed by atoms with E-state index < -0.39 is 29.8 Å². The Morgan fingerprint density at radius 2 is 1.96 bits per heavy atom. The maximum absolute atomic E-state index is 13.6. The summed E-state index contributed by atoms with van der Waals surface area (Å²) in [6.07, 6.45) is 2.29. The summed E-state index contributed by atoms with van der Waals surface area (Å²) in [5.74, 6) is -2.11. The van der Waals surface area contributed by atoms with Crippen LogP contribution in [0.15, 0.2) is 28.7 Å². The van der Waals surface area contributed by atoms with Gasteiger partial charge < -0.3 is 15.0 Å². The van der Waals surface area contributed by atoms with Crippen LogP contribution in [0.1, 0.15) is 26.3 Å². The molecule has 0 aliphatic heterocycles. The number of amides is 2. The van der Waals surface area contributed by atoms with E-state index in [1.807, 2.05) is 20.8 Å². The van der Waals surface area contributed by atoms with Crippen molar-refractivity contribution < 1.29 is 23.5 Å². The monoisotopic (exact) mass is 428 g/mol. The molecule has 1 rings (SSSR count). The molecule has 0 aliphatic rings. The Kier molecular flexibility index (Phi) is 7.95. The molecule has 0 saturated carbocycles. The Balaban J connectivity index is 2.48. The second kappa shape index (κ2) is 9.47. The Morgan fingerprint density at radius 3 is 2.58 bits per heavy atom. The summed E-state index contributed by atoms with van der Waals surface area (Å²) in [6.45, 7) is 4.83. The molecule has 1 aromatic rings. The molecule has 1 aromatic carbocycles. The van der Waals surface area contributed by atoms with Crippen LogP contribution in [0, 0.1) is 5.82 Å². The SMILES string of the molecule is CN(CC(=O)NC(C)(C)C)C(=O)COC(=O)/C=C/c1cc(Br)ccc1F. The molecule has 0 fully saturated rings. The molecule has 0 aliphatic carbocycles. The fraction of sp³-hybridized carbons (Fsp3) is 0.389. The van der Waals surface area contributed by atoms with E-state index in [9.17, 15) is 18.8 Å². The molecule has 0 aromatic heterocycles. The van der Waals surface area contributed by atoms with Gasteiger partial charge in [-0.05, 0) is 45.0 Å². The van der Waals surface area contributed by atoms with E-state index in [0.29, 0.717) is 4.47 Å². The third-order valence-corrected chi connectivity index (χ3v) is 3.51. The van der Waals surface area contributed by atoms with Crippen LogP contribution in [0.4, 0.5) is 4.39 Å². The maximum Gasteiger partial charge on any atom is 0.331 e. The number of likely N-dealkylation sites (N-methyl/N-ethyl adjacent to an activating group) is 1. The summed E-state index contributed by atoms with van der Waals surface area (Å²) in [5, 5.41) is 2.73. The highest BCUT2D eigenvalue weighted by Gasteiger charge is 2.18. The summed E-state index contributed by atoms with van der Waals surface area (Å²) in [7, 11) is 1.44. The van der Waals surface area contributed by atoms with Crippen molar-refractivity contribution in [3.05, 3.63) is 40.1 Å². The first-order chi connectivity index (χ1) is 12.0. The quantitative estimate of drug-likeness (QED) is 0.557. The number of carbonyl (C=O) groups excluding carboxylic acids is 3. The Morgan fingerprint density at radius 1 is 1.31 bits per heavy atom. The molecular formula is C18H22BrFN2O4. The molecule has 0 heterocycles. The van der Waals surface area contributed by atoms with Gasteiger partial charge in [0.25, 0.3) is 5.91 Å². The van der Waals surface area contributed by atoms with Gasteiger partial charge in [0.1, 0.15) is 5.82 Å². The predicted molar refractivity (Wildman–Crippen MR) is 99.6 cm³/mol. The molecule has 0 unspecified atom stereocenters. The fourth-order valence-electron chi connectivity index (χ4n) is 1.85. The highest BCUT2D eigenvalue weighted by atomic mass is 79.9. The van der Waals surface area contributed by atoms with E-state index in [4.69, 9.17) is 4.74 Å². The number of benzene rings is 1. The van der Waals surface area contributed by atoms with Crippen molar-refractivity contribution in [3.8, 4) is 0 Å². The van der Waals surface area contributed by atoms with Gasteiger partial charge in [-0.25, -0.2) is 9.18 Å². The van der Waals surface area contributed by atoms with Gasteiger partial charge in [0.15, 0.2) is 6.61 Å². The van der Waals surface area contributed by atoms with E-state index in [1.165, 1.54) is 31.3 Å². The molecular weight excluding hydrogens is 407 g/mol. The first-order valence-corrected chi connectivity index (χ1v) is 8.62. The fourth-order valence-corrected chi connectivity index (χ4v) is 2.23. The zero-order valence-electron chi connectivity index (χ0n) is 15.1. The Hall–Kier alpha value is -2.22. The number of rotatable bonds is 6. The lowest BCUT2D eigenvalue weighted by Crippen LogP contribution is -2.46. The van der Waals surface area contributed by atoms with Crippen molar-refractivity contribution in [1.29, 1.82) is 0 Å². The molecule has 0 spiro atoms. The lowest BCUT2D eigenvalue weighted by Gasteiger charge is -2.23. The standard InChI is InChI=1S/C18H22BrFN2O4/c1-18(2,3)21-15(23)10-22(4)16(24)11-26-17(25)8-5-12-9-13(19)6-7-14(12)20/h5-9H,10-11H2,1-4H3,(H,21,23)/b8-5+. The topological polar surface area (TPSA) is 75.7 Å². The molecule has 0 atom stereocenters. The van der Waals surface area contributed by atoms with Crippen LogP contribution < -0.4 is 5.32 Å². The minimum atomic E-state index is -0.787. The molecule has 0 saturated heterocycles. The van der Waals surface area contributed by atoms with Crippen molar-refractivity contribution in [1.82, 2.24) is 10.2 Å². The van der Waals surface area contributed by atoms with Crippen molar-refractivity contribution in [2.24, 2.45) is 0 Å². The number of nitrogens with one attached hydrogen (secondary N) is 1. The van der Waals surface area contributed by atoms with Gasteiger partial charge in [0.2, 0.25) is 5.91 Å². The predicted octanol–water partition coefficient (Wildman–Crippen LogP) is 2.52. The van der Waals surface area contributed by atoms with E-state index >= 15 is 0 Å². The summed E-state index contributed by atoms with van der Waals surface area (Å²) in [5.41, 5.74) is -0.196. The first kappa shape index (κ1) is 21.8. The van der Waals surface area contributed by atoms with Crippen LogP contribution in [-0.4, -0.2) is 48.4 Å². The zero-order chi connectivity index (χ0) is 19.9. The largest absolute Gasteiger partial charge is 0.452 e. The maximum atomic E-state index is 13.6. The van der Waals surface area contributed by atoms with Crippen LogP contribution >= 0.6 is 15.9 Å². The minimum Gasteiger partial charge on any atom is -0.452 e. The first-order valence-electron chi connectivity index (χ1n) is 7.83. The van der Waals surface area contributed by atoms with Crippen molar-refractivity contribution >= 4 is 39.8 Å². The normalized spacial score (nSPS) is 11.3. The van der Waals surface area contributed by atoms with Crippen LogP contribution in [0.25, 0.3) is 6.08 Å². The summed E-state index contributed by atoms with van der Waals surface area (Å²) >= 11 is 3.21. The molecule has 8 heteroatoms. The molecule has 0 bridgehead atoms. The number of ether oxygens (including phenoxy) is 1. The van der Waals surface area contributed by atoms with Gasteiger partial charge in [-0.1, -0.05) is 15.9 Å². The van der Waals surface area contributed by atoms with Gasteiger partial charge in [0.05, 0.1) is 6.54 Å². The van der Waals surface area contributed by atoms with Crippen molar-refractivity contribution in [3.63, 3.8) is 0 Å². The Bertz CT molecular complexity index is 714. The molecule has 6 nitrogen and oxygen atoms in total. The number of nitrogens with zero attached hydrogens (tertiary/aromatic N) is 1. The molecule has 0 radical (unpaired) electrons. The highest BCUT2D eigenvalue weighted by molar-refractivity contribution is 9.10. The summed E-state index contributed by atoms with van der Waals surface area (Å²) in [4.78, 5) is 36.5. The van der Waals surface area contributed by atoms with E-state index in [0.717, 1.165) is 11.0 Å². The Labute approximate surface area is 160 Å². The second-order valence-corrected chi connectivity index (χ2v) is 7.57. The number of halogens is 2. The molecule has 1 N–H and O–H groups in total. The lowest BCUT2D eigenvalue weighted by molar-refractivity contribution is -0.148. The van der Waals surface area contributed by atoms with Crippen LogP contribution in [0.3, 0.4) is 0 Å². The van der Waals surface area contributed by atoms with Crippen molar-refractivity contribution in [2.75, 3.05) is 20.2 Å². The number of hydrogen-bond donors (Lipinski definition) is 1. The third-order valence-electron chi connectivity index (χ3n) is 3.02. The van der Waals surface area contributed by atoms with Crippen LogP contribution in [0.5, 0.6) is 0 Å². The van der Waals surface area contributed by atoms with Crippen LogP contribution in [-0.2, 0) is 19.1 Å². The molecule has 2 amide bonds.